The summed E-state index contributed by atoms with van der Waals surface area (Å²) in [5.41, 5.74) is 5.72. The van der Waals surface area contributed by atoms with Crippen molar-refractivity contribution in [2.24, 2.45) is 7.05 Å². The van der Waals surface area contributed by atoms with Crippen molar-refractivity contribution in [1.29, 1.82) is 0 Å². The van der Waals surface area contributed by atoms with Crippen LogP contribution in [0.5, 0.6) is 0 Å². The maximum Gasteiger partial charge on any atom is 0.269 e. The maximum absolute atomic E-state index is 12.1. The number of halogens is 1. The molecule has 1 aromatic carbocycles. The number of nitrogens with one attached hydrogen (secondary N) is 1. The third-order valence-electron chi connectivity index (χ3n) is 7.58. The van der Waals surface area contributed by atoms with Crippen molar-refractivity contribution >= 4 is 22.5 Å². The van der Waals surface area contributed by atoms with Crippen LogP contribution in [0, 0.1) is 0 Å². The van der Waals surface area contributed by atoms with Crippen molar-refractivity contribution < 1.29 is 4.74 Å². The van der Waals surface area contributed by atoms with E-state index < -0.39 is 0 Å². The molecule has 2 aromatic heterocycles. The van der Waals surface area contributed by atoms with Crippen LogP contribution in [0.2, 0.25) is 5.02 Å². The summed E-state index contributed by atoms with van der Waals surface area (Å²) >= 11 is 6.24. The fraction of sp³-hybridized carbons (Fsp3) is 0.519. The zero-order chi connectivity index (χ0) is 23.1. The summed E-state index contributed by atoms with van der Waals surface area (Å²) in [5, 5.41) is 1.54. The average Bonchev–Trinajstić information content (AvgIpc) is 3.22. The molecule has 5 nitrogen and oxygen atoms in total. The van der Waals surface area contributed by atoms with Gasteiger partial charge in [-0.1, -0.05) is 31.5 Å². The monoisotopic (exact) mass is 467 g/mol. The molecule has 0 unspecified atom stereocenters. The van der Waals surface area contributed by atoms with Crippen LogP contribution >= 0.6 is 11.6 Å². The molecule has 176 valence electrons. The molecule has 0 radical (unpaired) electrons. The summed E-state index contributed by atoms with van der Waals surface area (Å²) in [6.07, 6.45) is 6.66. The van der Waals surface area contributed by atoms with Gasteiger partial charge in [-0.3, -0.25) is 4.79 Å². The molecule has 1 N–H and O–H groups in total. The minimum Gasteiger partial charge on any atom is -0.381 e. The highest BCUT2D eigenvalue weighted by Crippen LogP contribution is 2.38. The number of hydrogen-bond donors (Lipinski definition) is 1. The molecule has 2 saturated heterocycles. The quantitative estimate of drug-likeness (QED) is 0.537. The number of aromatic nitrogens is 2. The van der Waals surface area contributed by atoms with Crippen LogP contribution in [-0.2, 0) is 11.8 Å². The van der Waals surface area contributed by atoms with E-state index in [0.29, 0.717) is 17.9 Å². The Morgan fingerprint density at radius 2 is 1.82 bits per heavy atom. The molecular formula is C27H34ClN3O2. The fourth-order valence-electron chi connectivity index (χ4n) is 5.77. The molecule has 0 spiro atoms. The average molecular weight is 468 g/mol. The topological polar surface area (TPSA) is 50.3 Å². The number of piperidine rings is 1. The molecule has 5 rings (SSSR count). The minimum absolute atomic E-state index is 0.169. The largest absolute Gasteiger partial charge is 0.381 e. The summed E-state index contributed by atoms with van der Waals surface area (Å²) in [5.74, 6) is 0.950. The first-order valence-corrected chi connectivity index (χ1v) is 12.6. The molecule has 2 aliphatic heterocycles. The Morgan fingerprint density at radius 1 is 1.09 bits per heavy atom. The van der Waals surface area contributed by atoms with Gasteiger partial charge < -0.3 is 19.2 Å². The lowest BCUT2D eigenvalue weighted by Crippen LogP contribution is -2.43. The zero-order valence-electron chi connectivity index (χ0n) is 19.9. The van der Waals surface area contributed by atoms with Gasteiger partial charge in [-0.05, 0) is 79.9 Å². The third-order valence-corrected chi connectivity index (χ3v) is 7.85. The first-order chi connectivity index (χ1) is 15.9. The summed E-state index contributed by atoms with van der Waals surface area (Å²) in [7, 11) is 1.75. The smallest absolute Gasteiger partial charge is 0.269 e. The van der Waals surface area contributed by atoms with Gasteiger partial charge in [0, 0.05) is 49.0 Å². The molecule has 0 atom stereocenters. The lowest BCUT2D eigenvalue weighted by Gasteiger charge is -2.39. The Kier molecular flexibility index (Phi) is 6.39. The Bertz CT molecular complexity index is 1170. The van der Waals surface area contributed by atoms with Crippen LogP contribution in [0.3, 0.4) is 0 Å². The standard InChI is InChI=1S/C27H34ClN3O2/c1-17(2)25-22-14-19(18-6-10-31(11-7-18)21-8-12-33-13-9-21)4-5-24(22)29-26(25)20-15-23(28)27(32)30(3)16-20/h4-5,14-18,21,29H,6-13H2,1-3H3. The van der Waals surface area contributed by atoms with Crippen LogP contribution in [0.15, 0.2) is 35.3 Å². The van der Waals surface area contributed by atoms with Gasteiger partial charge >= 0.3 is 0 Å². The molecule has 0 aliphatic carbocycles. The molecule has 33 heavy (non-hydrogen) atoms. The van der Waals surface area contributed by atoms with Gasteiger partial charge in [0.05, 0.1) is 5.69 Å². The molecule has 2 aliphatic rings. The number of aromatic amines is 1. The van der Waals surface area contributed by atoms with Crippen LogP contribution in [0.1, 0.15) is 62.5 Å². The second kappa shape index (κ2) is 9.28. The number of hydrogen-bond acceptors (Lipinski definition) is 3. The predicted octanol–water partition coefficient (Wildman–Crippen LogP) is 5.67. The van der Waals surface area contributed by atoms with Gasteiger partial charge in [0.15, 0.2) is 0 Å². The highest BCUT2D eigenvalue weighted by atomic mass is 35.5. The minimum atomic E-state index is -0.169. The lowest BCUT2D eigenvalue weighted by molar-refractivity contribution is 0.0252. The predicted molar refractivity (Wildman–Crippen MR) is 135 cm³/mol. The second-order valence-corrected chi connectivity index (χ2v) is 10.4. The van der Waals surface area contributed by atoms with Gasteiger partial charge in [0.25, 0.3) is 5.56 Å². The van der Waals surface area contributed by atoms with Gasteiger partial charge in [-0.25, -0.2) is 0 Å². The number of fused-ring (bicyclic) bond motifs is 1. The SMILES string of the molecule is CC(C)c1c(-c2cc(Cl)c(=O)n(C)c2)[nH]c2ccc(C3CCN(C4CCOCC4)CC3)cc12. The first kappa shape index (κ1) is 22.7. The second-order valence-electron chi connectivity index (χ2n) is 10.0. The van der Waals surface area contributed by atoms with Crippen LogP contribution in [-0.4, -0.2) is 46.8 Å². The van der Waals surface area contributed by atoms with Gasteiger partial charge in [0.1, 0.15) is 5.02 Å². The molecule has 3 aromatic rings. The number of likely N-dealkylation sites (tertiary alicyclic amines) is 1. The number of aryl methyl sites for hydroxylation is 1. The molecule has 0 saturated carbocycles. The van der Waals surface area contributed by atoms with E-state index >= 15 is 0 Å². The van der Waals surface area contributed by atoms with Crippen molar-refractivity contribution in [2.75, 3.05) is 26.3 Å². The zero-order valence-corrected chi connectivity index (χ0v) is 20.6. The number of rotatable bonds is 4. The van der Waals surface area contributed by atoms with E-state index in [9.17, 15) is 4.79 Å². The van der Waals surface area contributed by atoms with Crippen molar-refractivity contribution in [1.82, 2.24) is 14.5 Å². The van der Waals surface area contributed by atoms with E-state index in [1.807, 2.05) is 6.20 Å². The number of nitrogens with zero attached hydrogens (tertiary/aromatic N) is 2. The van der Waals surface area contributed by atoms with Crippen molar-refractivity contribution in [3.8, 4) is 11.3 Å². The molecular weight excluding hydrogens is 434 g/mol. The van der Waals surface area contributed by atoms with E-state index in [-0.39, 0.29) is 10.6 Å². The number of H-pyrrole nitrogens is 1. The van der Waals surface area contributed by atoms with Gasteiger partial charge in [0.2, 0.25) is 0 Å². The van der Waals surface area contributed by atoms with Crippen LogP contribution in [0.4, 0.5) is 0 Å². The molecule has 0 bridgehead atoms. The highest BCUT2D eigenvalue weighted by molar-refractivity contribution is 6.30. The summed E-state index contributed by atoms with van der Waals surface area (Å²) < 4.78 is 7.11. The third kappa shape index (κ3) is 4.39. The summed E-state index contributed by atoms with van der Waals surface area (Å²) in [6.45, 7) is 8.65. The molecule has 4 heterocycles. The number of pyridine rings is 1. The summed E-state index contributed by atoms with van der Waals surface area (Å²) in [6, 6.07) is 9.43. The molecule has 0 amide bonds. The number of ether oxygens (including phenoxy) is 1. The van der Waals surface area contributed by atoms with Crippen LogP contribution < -0.4 is 5.56 Å². The van der Waals surface area contributed by atoms with E-state index in [1.165, 1.54) is 55.3 Å². The Morgan fingerprint density at radius 3 is 2.48 bits per heavy atom. The summed E-state index contributed by atoms with van der Waals surface area (Å²) in [4.78, 5) is 18.4. The van der Waals surface area contributed by atoms with E-state index in [0.717, 1.165) is 30.0 Å². The van der Waals surface area contributed by atoms with E-state index in [1.54, 1.807) is 17.7 Å². The number of benzene rings is 1. The maximum atomic E-state index is 12.1. The van der Waals surface area contributed by atoms with E-state index in [4.69, 9.17) is 16.3 Å². The van der Waals surface area contributed by atoms with Crippen LogP contribution in [0.25, 0.3) is 22.2 Å². The Balaban J connectivity index is 1.45. The molecule has 2 fully saturated rings. The Hall–Kier alpha value is -2.08. The lowest BCUT2D eigenvalue weighted by atomic mass is 9.86. The highest BCUT2D eigenvalue weighted by Gasteiger charge is 2.27. The van der Waals surface area contributed by atoms with Gasteiger partial charge in [-0.15, -0.1) is 0 Å². The first-order valence-electron chi connectivity index (χ1n) is 12.3. The Labute approximate surface area is 200 Å². The molecule has 6 heteroatoms. The van der Waals surface area contributed by atoms with Crippen molar-refractivity contribution in [2.45, 2.75) is 57.4 Å². The van der Waals surface area contributed by atoms with Crippen molar-refractivity contribution in [3.05, 3.63) is 57.0 Å². The van der Waals surface area contributed by atoms with E-state index in [2.05, 4.69) is 41.9 Å². The van der Waals surface area contributed by atoms with Gasteiger partial charge in [-0.2, -0.15) is 0 Å². The van der Waals surface area contributed by atoms with Crippen molar-refractivity contribution in [3.63, 3.8) is 0 Å². The fourth-order valence-corrected chi connectivity index (χ4v) is 6.02. The normalized spacial score (nSPS) is 19.1.